The number of carbonyl (C=O) groups is 1. The summed E-state index contributed by atoms with van der Waals surface area (Å²) in [7, 11) is 2.01. The molecule has 0 atom stereocenters. The van der Waals surface area contributed by atoms with Gasteiger partial charge in [0.2, 0.25) is 0 Å². The lowest BCUT2D eigenvalue weighted by atomic mass is 10.0. The summed E-state index contributed by atoms with van der Waals surface area (Å²) in [6, 6.07) is 17.5. The van der Waals surface area contributed by atoms with Crippen LogP contribution in [0.25, 0.3) is 22.0 Å². The highest BCUT2D eigenvalue weighted by atomic mass is 35.5. The Bertz CT molecular complexity index is 1150. The van der Waals surface area contributed by atoms with Crippen molar-refractivity contribution in [3.05, 3.63) is 77.6 Å². The SMILES string of the molecule is Cn1ccc2cc(Nc3ncc(Cl)cc3C(=O)O)cc(-c3ccccc3)c21. The minimum absolute atomic E-state index is 0.0249. The largest absolute Gasteiger partial charge is 0.478 e. The summed E-state index contributed by atoms with van der Waals surface area (Å²) in [5.74, 6) is -0.835. The Morgan fingerprint density at radius 3 is 2.67 bits per heavy atom. The van der Waals surface area contributed by atoms with Gasteiger partial charge < -0.3 is 15.0 Å². The fraction of sp³-hybridized carbons (Fsp3) is 0.0476. The van der Waals surface area contributed by atoms with Crippen molar-refractivity contribution in [1.29, 1.82) is 0 Å². The first kappa shape index (κ1) is 17.1. The topological polar surface area (TPSA) is 67.2 Å². The second kappa shape index (κ2) is 6.78. The van der Waals surface area contributed by atoms with E-state index >= 15 is 0 Å². The number of nitrogens with zero attached hydrogens (tertiary/aromatic N) is 2. The number of anilines is 2. The van der Waals surface area contributed by atoms with Gasteiger partial charge in [0.15, 0.2) is 0 Å². The second-order valence-corrected chi connectivity index (χ2v) is 6.67. The Hall–Kier alpha value is -3.31. The number of benzene rings is 2. The molecular formula is C21H16ClN3O2. The first-order valence-electron chi connectivity index (χ1n) is 8.33. The molecule has 0 fully saturated rings. The minimum atomic E-state index is -1.09. The van der Waals surface area contributed by atoms with E-state index in [9.17, 15) is 9.90 Å². The van der Waals surface area contributed by atoms with E-state index in [0.29, 0.717) is 0 Å². The number of aromatic nitrogens is 2. The van der Waals surface area contributed by atoms with Crippen molar-refractivity contribution in [2.75, 3.05) is 5.32 Å². The molecular weight excluding hydrogens is 362 g/mol. The molecule has 2 aromatic carbocycles. The second-order valence-electron chi connectivity index (χ2n) is 6.23. The Morgan fingerprint density at radius 2 is 1.93 bits per heavy atom. The molecule has 27 heavy (non-hydrogen) atoms. The minimum Gasteiger partial charge on any atom is -0.478 e. The Kier molecular flexibility index (Phi) is 4.30. The zero-order chi connectivity index (χ0) is 19.0. The van der Waals surface area contributed by atoms with Crippen molar-refractivity contribution in [3.8, 4) is 11.1 Å². The van der Waals surface area contributed by atoms with Crippen LogP contribution in [0.2, 0.25) is 5.02 Å². The normalized spacial score (nSPS) is 10.9. The van der Waals surface area contributed by atoms with Gasteiger partial charge in [0, 0.05) is 36.1 Å². The van der Waals surface area contributed by atoms with Crippen LogP contribution in [0, 0.1) is 0 Å². The van der Waals surface area contributed by atoms with Gasteiger partial charge in [-0.05, 0) is 29.8 Å². The third-order valence-corrected chi connectivity index (χ3v) is 4.61. The van der Waals surface area contributed by atoms with Crippen LogP contribution in [0.5, 0.6) is 0 Å². The zero-order valence-corrected chi connectivity index (χ0v) is 15.2. The summed E-state index contributed by atoms with van der Waals surface area (Å²) >= 11 is 5.89. The quantitative estimate of drug-likeness (QED) is 0.504. The van der Waals surface area contributed by atoms with Gasteiger partial charge in [0.05, 0.1) is 10.5 Å². The zero-order valence-electron chi connectivity index (χ0n) is 14.5. The molecule has 2 N–H and O–H groups in total. The standard InChI is InChI=1S/C21H16ClN3O2/c1-25-8-7-14-9-16(11-17(19(14)25)13-5-3-2-4-6-13)24-20-18(21(26)27)10-15(22)12-23-20/h2-12H,1H3,(H,23,24)(H,26,27). The third-order valence-electron chi connectivity index (χ3n) is 4.40. The molecule has 2 aromatic heterocycles. The lowest BCUT2D eigenvalue weighted by Crippen LogP contribution is -2.05. The first-order chi connectivity index (χ1) is 13.0. The van der Waals surface area contributed by atoms with Crippen molar-refractivity contribution < 1.29 is 9.90 Å². The van der Waals surface area contributed by atoms with Crippen LogP contribution in [-0.4, -0.2) is 20.6 Å². The van der Waals surface area contributed by atoms with Gasteiger partial charge in [-0.1, -0.05) is 41.9 Å². The summed E-state index contributed by atoms with van der Waals surface area (Å²) in [6.45, 7) is 0. The van der Waals surface area contributed by atoms with E-state index in [-0.39, 0.29) is 16.4 Å². The molecule has 6 heteroatoms. The van der Waals surface area contributed by atoms with Crippen molar-refractivity contribution in [1.82, 2.24) is 9.55 Å². The molecule has 5 nitrogen and oxygen atoms in total. The fourth-order valence-corrected chi connectivity index (χ4v) is 3.35. The van der Waals surface area contributed by atoms with Crippen molar-refractivity contribution in [2.45, 2.75) is 0 Å². The Balaban J connectivity index is 1.86. The lowest BCUT2D eigenvalue weighted by molar-refractivity contribution is 0.0697. The highest BCUT2D eigenvalue weighted by Crippen LogP contribution is 2.34. The number of hydrogen-bond acceptors (Lipinski definition) is 3. The Morgan fingerprint density at radius 1 is 1.15 bits per heavy atom. The number of rotatable bonds is 4. The number of halogens is 1. The molecule has 0 spiro atoms. The Labute approximate surface area is 160 Å². The van der Waals surface area contributed by atoms with Crippen LogP contribution >= 0.6 is 11.6 Å². The van der Waals surface area contributed by atoms with E-state index < -0.39 is 5.97 Å². The number of hydrogen-bond donors (Lipinski definition) is 2. The molecule has 4 rings (SSSR count). The number of carboxylic acid groups (broad SMARTS) is 1. The van der Waals surface area contributed by atoms with Crippen LogP contribution in [-0.2, 0) is 7.05 Å². The highest BCUT2D eigenvalue weighted by molar-refractivity contribution is 6.30. The van der Waals surface area contributed by atoms with Gasteiger partial charge in [0.25, 0.3) is 0 Å². The van der Waals surface area contributed by atoms with E-state index in [4.69, 9.17) is 11.6 Å². The summed E-state index contributed by atoms with van der Waals surface area (Å²) in [6.07, 6.45) is 3.43. The molecule has 0 unspecified atom stereocenters. The predicted octanol–water partition coefficient (Wildman–Crippen LogP) is 5.34. The molecule has 0 amide bonds. The summed E-state index contributed by atoms with van der Waals surface area (Å²) < 4.78 is 2.07. The van der Waals surface area contributed by atoms with Gasteiger partial charge in [0.1, 0.15) is 11.4 Å². The lowest BCUT2D eigenvalue weighted by Gasteiger charge is -2.13. The van der Waals surface area contributed by atoms with Crippen LogP contribution in [0.3, 0.4) is 0 Å². The van der Waals surface area contributed by atoms with Crippen molar-refractivity contribution in [2.24, 2.45) is 7.05 Å². The maximum Gasteiger partial charge on any atom is 0.339 e. The maximum atomic E-state index is 11.5. The van der Waals surface area contributed by atoms with E-state index in [1.807, 2.05) is 49.6 Å². The molecule has 4 aromatic rings. The van der Waals surface area contributed by atoms with Crippen LogP contribution in [0.1, 0.15) is 10.4 Å². The van der Waals surface area contributed by atoms with E-state index in [1.165, 1.54) is 12.3 Å². The molecule has 134 valence electrons. The van der Waals surface area contributed by atoms with Crippen LogP contribution in [0.15, 0.2) is 67.0 Å². The summed E-state index contributed by atoms with van der Waals surface area (Å²) in [4.78, 5) is 15.7. The number of aryl methyl sites for hydroxylation is 1. The average molecular weight is 378 g/mol. The first-order valence-corrected chi connectivity index (χ1v) is 8.71. The molecule has 2 heterocycles. The number of carboxylic acids is 1. The van der Waals surface area contributed by atoms with Gasteiger partial charge in [-0.15, -0.1) is 0 Å². The van der Waals surface area contributed by atoms with Crippen molar-refractivity contribution >= 4 is 40.0 Å². The van der Waals surface area contributed by atoms with Gasteiger partial charge in [-0.25, -0.2) is 9.78 Å². The van der Waals surface area contributed by atoms with E-state index in [0.717, 1.165) is 27.7 Å². The molecule has 0 aliphatic heterocycles. The van der Waals surface area contributed by atoms with E-state index in [1.54, 1.807) is 0 Å². The fourth-order valence-electron chi connectivity index (χ4n) is 3.19. The molecule has 0 saturated carbocycles. The number of fused-ring (bicyclic) bond motifs is 1. The molecule has 0 saturated heterocycles. The molecule has 0 aliphatic rings. The van der Waals surface area contributed by atoms with Crippen LogP contribution in [0.4, 0.5) is 11.5 Å². The van der Waals surface area contributed by atoms with Gasteiger partial charge in [-0.2, -0.15) is 0 Å². The van der Waals surface area contributed by atoms with Crippen LogP contribution < -0.4 is 5.32 Å². The number of nitrogens with one attached hydrogen (secondary N) is 1. The summed E-state index contributed by atoms with van der Waals surface area (Å²) in [5, 5.41) is 13.9. The van der Waals surface area contributed by atoms with Crippen molar-refractivity contribution in [3.63, 3.8) is 0 Å². The third kappa shape index (κ3) is 3.25. The molecule has 0 aliphatic carbocycles. The molecule has 0 radical (unpaired) electrons. The smallest absolute Gasteiger partial charge is 0.339 e. The monoisotopic (exact) mass is 377 g/mol. The average Bonchev–Trinajstić information content (AvgIpc) is 3.04. The maximum absolute atomic E-state index is 11.5. The molecule has 0 bridgehead atoms. The van der Waals surface area contributed by atoms with Gasteiger partial charge >= 0.3 is 5.97 Å². The summed E-state index contributed by atoms with van der Waals surface area (Å²) in [5.41, 5.74) is 4.01. The van der Waals surface area contributed by atoms with E-state index in [2.05, 4.69) is 27.0 Å². The number of pyridine rings is 1. The highest BCUT2D eigenvalue weighted by Gasteiger charge is 2.15. The predicted molar refractivity (Wildman–Crippen MR) is 108 cm³/mol. The number of aromatic carboxylic acids is 1. The van der Waals surface area contributed by atoms with Gasteiger partial charge in [-0.3, -0.25) is 0 Å².